The number of esters is 1. The van der Waals surface area contributed by atoms with Crippen LogP contribution in [-0.4, -0.2) is 22.2 Å². The van der Waals surface area contributed by atoms with Crippen LogP contribution in [-0.2, 0) is 9.53 Å². The van der Waals surface area contributed by atoms with Gasteiger partial charge in [-0.05, 0) is 62.2 Å². The number of rotatable bonds is 4. The molecule has 0 bridgehead atoms. The SMILES string of the molecule is CC(C(=O)OC(C)(O)O)=C(C1=CCCC1)C1=CCCC1. The van der Waals surface area contributed by atoms with E-state index in [1.165, 1.54) is 11.1 Å². The molecule has 0 aliphatic heterocycles. The first-order valence-corrected chi connectivity index (χ1v) is 7.16. The van der Waals surface area contributed by atoms with Crippen molar-refractivity contribution in [3.05, 3.63) is 34.4 Å². The van der Waals surface area contributed by atoms with Gasteiger partial charge in [0, 0.05) is 12.5 Å². The molecule has 4 heteroatoms. The van der Waals surface area contributed by atoms with Crippen molar-refractivity contribution in [2.24, 2.45) is 0 Å². The molecule has 0 unspecified atom stereocenters. The maximum Gasteiger partial charge on any atom is 0.338 e. The second-order valence-corrected chi connectivity index (χ2v) is 5.57. The molecule has 0 fully saturated rings. The van der Waals surface area contributed by atoms with Crippen molar-refractivity contribution in [1.29, 1.82) is 0 Å². The Morgan fingerprint density at radius 2 is 1.65 bits per heavy atom. The fourth-order valence-corrected chi connectivity index (χ4v) is 2.84. The molecular formula is C16H22O4. The van der Waals surface area contributed by atoms with Gasteiger partial charge in [0.2, 0.25) is 0 Å². The summed E-state index contributed by atoms with van der Waals surface area (Å²) in [7, 11) is 0. The predicted molar refractivity (Wildman–Crippen MR) is 75.5 cm³/mol. The second kappa shape index (κ2) is 5.94. The molecule has 0 aromatic heterocycles. The normalized spacial score (nSPS) is 18.6. The molecule has 2 rings (SSSR count). The lowest BCUT2D eigenvalue weighted by molar-refractivity contribution is -0.304. The van der Waals surface area contributed by atoms with E-state index in [1.807, 2.05) is 0 Å². The van der Waals surface area contributed by atoms with Crippen molar-refractivity contribution in [3.8, 4) is 0 Å². The average Bonchev–Trinajstić information content (AvgIpc) is 2.99. The van der Waals surface area contributed by atoms with Gasteiger partial charge in [-0.3, -0.25) is 0 Å². The summed E-state index contributed by atoms with van der Waals surface area (Å²) in [5.41, 5.74) is 3.78. The highest BCUT2D eigenvalue weighted by molar-refractivity contribution is 5.91. The van der Waals surface area contributed by atoms with Crippen LogP contribution in [0.15, 0.2) is 34.4 Å². The van der Waals surface area contributed by atoms with E-state index in [0.29, 0.717) is 5.57 Å². The highest BCUT2D eigenvalue weighted by Gasteiger charge is 2.26. The minimum Gasteiger partial charge on any atom is -0.405 e. The van der Waals surface area contributed by atoms with E-state index >= 15 is 0 Å². The lowest BCUT2D eigenvalue weighted by Crippen LogP contribution is -2.31. The lowest BCUT2D eigenvalue weighted by Gasteiger charge is -2.19. The molecule has 0 radical (unpaired) electrons. The molecule has 0 atom stereocenters. The highest BCUT2D eigenvalue weighted by Crippen LogP contribution is 2.37. The zero-order valence-electron chi connectivity index (χ0n) is 12.1. The topological polar surface area (TPSA) is 66.8 Å². The first kappa shape index (κ1) is 15.0. The molecule has 4 nitrogen and oxygen atoms in total. The third-order valence-electron chi connectivity index (χ3n) is 3.69. The molecule has 0 aromatic carbocycles. The molecule has 0 saturated carbocycles. The van der Waals surface area contributed by atoms with E-state index in [-0.39, 0.29) is 0 Å². The van der Waals surface area contributed by atoms with Crippen LogP contribution in [0.3, 0.4) is 0 Å². The Morgan fingerprint density at radius 3 is 2.00 bits per heavy atom. The van der Waals surface area contributed by atoms with Gasteiger partial charge in [-0.2, -0.15) is 0 Å². The minimum absolute atomic E-state index is 0.459. The van der Waals surface area contributed by atoms with Crippen LogP contribution < -0.4 is 0 Å². The Morgan fingerprint density at radius 1 is 1.15 bits per heavy atom. The van der Waals surface area contributed by atoms with Crippen LogP contribution >= 0.6 is 0 Å². The first-order chi connectivity index (χ1) is 9.38. The van der Waals surface area contributed by atoms with E-state index in [4.69, 9.17) is 0 Å². The van der Waals surface area contributed by atoms with Crippen LogP contribution in [0.1, 0.15) is 52.4 Å². The van der Waals surface area contributed by atoms with E-state index in [9.17, 15) is 15.0 Å². The van der Waals surface area contributed by atoms with Gasteiger partial charge in [0.05, 0.1) is 0 Å². The summed E-state index contributed by atoms with van der Waals surface area (Å²) in [6.45, 7) is 2.73. The molecule has 20 heavy (non-hydrogen) atoms. The molecule has 110 valence electrons. The van der Waals surface area contributed by atoms with Crippen LogP contribution in [0.4, 0.5) is 0 Å². The number of hydrogen-bond acceptors (Lipinski definition) is 4. The summed E-state index contributed by atoms with van der Waals surface area (Å²) >= 11 is 0. The quantitative estimate of drug-likeness (QED) is 0.471. The fraction of sp³-hybridized carbons (Fsp3) is 0.562. The molecule has 2 aliphatic carbocycles. The van der Waals surface area contributed by atoms with Gasteiger partial charge in [-0.15, -0.1) is 0 Å². The molecule has 0 spiro atoms. The summed E-state index contributed by atoms with van der Waals surface area (Å²) in [4.78, 5) is 12.1. The zero-order chi connectivity index (χ0) is 14.8. The smallest absolute Gasteiger partial charge is 0.338 e. The summed E-state index contributed by atoms with van der Waals surface area (Å²) < 4.78 is 4.66. The Labute approximate surface area is 119 Å². The van der Waals surface area contributed by atoms with Crippen molar-refractivity contribution in [2.75, 3.05) is 0 Å². The standard InChI is InChI=1S/C16H22O4/c1-11(15(17)20-16(2,18)19)14(12-7-3-4-8-12)13-9-5-6-10-13/h7,9,18-19H,3-6,8,10H2,1-2H3. The maximum absolute atomic E-state index is 12.1. The number of hydrogen-bond donors (Lipinski definition) is 2. The summed E-state index contributed by atoms with van der Waals surface area (Å²) in [6, 6.07) is 0. The van der Waals surface area contributed by atoms with Crippen molar-refractivity contribution in [2.45, 2.75) is 58.3 Å². The van der Waals surface area contributed by atoms with Gasteiger partial charge < -0.3 is 14.9 Å². The Hall–Kier alpha value is -1.39. The fourth-order valence-electron chi connectivity index (χ4n) is 2.84. The molecule has 0 aromatic rings. The summed E-state index contributed by atoms with van der Waals surface area (Å²) in [5, 5.41) is 18.4. The number of ether oxygens (including phenoxy) is 1. The van der Waals surface area contributed by atoms with Gasteiger partial charge >= 0.3 is 11.9 Å². The Kier molecular flexibility index (Phi) is 4.45. The van der Waals surface area contributed by atoms with Crippen LogP contribution in [0.5, 0.6) is 0 Å². The Bertz CT molecular complexity index is 463. The van der Waals surface area contributed by atoms with Crippen molar-refractivity contribution in [3.63, 3.8) is 0 Å². The van der Waals surface area contributed by atoms with Crippen LogP contribution in [0.2, 0.25) is 0 Å². The average molecular weight is 278 g/mol. The zero-order valence-corrected chi connectivity index (χ0v) is 12.1. The summed E-state index contributed by atoms with van der Waals surface area (Å²) in [6.07, 6.45) is 10.5. The van der Waals surface area contributed by atoms with Gasteiger partial charge in [0.15, 0.2) is 0 Å². The van der Waals surface area contributed by atoms with E-state index in [0.717, 1.165) is 51.0 Å². The van der Waals surface area contributed by atoms with Crippen molar-refractivity contribution in [1.82, 2.24) is 0 Å². The number of carbonyl (C=O) groups excluding carboxylic acids is 1. The molecule has 0 heterocycles. The van der Waals surface area contributed by atoms with Crippen LogP contribution in [0, 0.1) is 0 Å². The van der Waals surface area contributed by atoms with Gasteiger partial charge in [-0.25, -0.2) is 4.79 Å². The van der Waals surface area contributed by atoms with Gasteiger partial charge in [-0.1, -0.05) is 12.2 Å². The number of aliphatic hydroxyl groups is 2. The van der Waals surface area contributed by atoms with Crippen molar-refractivity contribution < 1.29 is 19.7 Å². The van der Waals surface area contributed by atoms with E-state index < -0.39 is 11.9 Å². The summed E-state index contributed by atoms with van der Waals surface area (Å²) in [5.74, 6) is -3.11. The van der Waals surface area contributed by atoms with Crippen LogP contribution in [0.25, 0.3) is 0 Å². The molecular weight excluding hydrogens is 256 g/mol. The molecule has 2 N–H and O–H groups in total. The Balaban J connectivity index is 2.33. The minimum atomic E-state index is -2.43. The largest absolute Gasteiger partial charge is 0.405 e. The molecule has 2 aliphatic rings. The molecule has 0 saturated heterocycles. The third kappa shape index (κ3) is 3.58. The van der Waals surface area contributed by atoms with Gasteiger partial charge in [0.25, 0.3) is 0 Å². The predicted octanol–water partition coefficient (Wildman–Crippen LogP) is 2.73. The monoisotopic (exact) mass is 278 g/mol. The second-order valence-electron chi connectivity index (χ2n) is 5.57. The first-order valence-electron chi connectivity index (χ1n) is 7.16. The third-order valence-corrected chi connectivity index (χ3v) is 3.69. The molecule has 0 amide bonds. The van der Waals surface area contributed by atoms with E-state index in [2.05, 4.69) is 16.9 Å². The number of allylic oxidation sites excluding steroid dienone is 5. The lowest BCUT2D eigenvalue weighted by atomic mass is 9.92. The highest BCUT2D eigenvalue weighted by atomic mass is 16.8. The van der Waals surface area contributed by atoms with Crippen molar-refractivity contribution >= 4 is 5.97 Å². The van der Waals surface area contributed by atoms with Gasteiger partial charge in [0.1, 0.15) is 0 Å². The maximum atomic E-state index is 12.1. The number of carbonyl (C=O) groups is 1. The van der Waals surface area contributed by atoms with E-state index in [1.54, 1.807) is 6.92 Å².